The molecule has 4 heteroatoms. The standard InChI is InChI=1S/C14H11N3S/c1-9-3-6-13(18-9)14-16-11-5-4-10(8-15)7-12(11)17(14)2/h3-7H,1-2H3. The molecule has 3 aromatic rings. The number of rotatable bonds is 1. The van der Waals surface area contributed by atoms with Gasteiger partial charge in [0.15, 0.2) is 5.82 Å². The molecule has 1 aromatic carbocycles. The molecule has 18 heavy (non-hydrogen) atoms. The van der Waals surface area contributed by atoms with Gasteiger partial charge in [-0.15, -0.1) is 11.3 Å². The molecule has 0 amide bonds. The predicted octanol–water partition coefficient (Wildman–Crippen LogP) is 3.48. The van der Waals surface area contributed by atoms with Gasteiger partial charge in [0.25, 0.3) is 0 Å². The van der Waals surface area contributed by atoms with Gasteiger partial charge in [0.05, 0.1) is 27.5 Å². The highest BCUT2D eigenvalue weighted by Crippen LogP contribution is 2.29. The van der Waals surface area contributed by atoms with Crippen LogP contribution < -0.4 is 0 Å². The maximum absolute atomic E-state index is 8.94. The summed E-state index contributed by atoms with van der Waals surface area (Å²) in [5.74, 6) is 0.957. The first-order valence-corrected chi connectivity index (χ1v) is 6.44. The molecule has 0 fully saturated rings. The summed E-state index contributed by atoms with van der Waals surface area (Å²) in [6.07, 6.45) is 0. The maximum Gasteiger partial charge on any atom is 0.150 e. The summed E-state index contributed by atoms with van der Waals surface area (Å²) in [6.45, 7) is 2.09. The molecule has 2 heterocycles. The second-order valence-electron chi connectivity index (χ2n) is 4.22. The third-order valence-corrected chi connectivity index (χ3v) is 3.97. The van der Waals surface area contributed by atoms with Gasteiger partial charge in [-0.05, 0) is 37.3 Å². The monoisotopic (exact) mass is 253 g/mol. The molecule has 0 unspecified atom stereocenters. The fourth-order valence-electron chi connectivity index (χ4n) is 2.03. The number of aryl methyl sites for hydroxylation is 2. The van der Waals surface area contributed by atoms with E-state index in [9.17, 15) is 0 Å². The van der Waals surface area contributed by atoms with Crippen molar-refractivity contribution in [3.8, 4) is 16.8 Å². The van der Waals surface area contributed by atoms with Gasteiger partial charge >= 0.3 is 0 Å². The minimum Gasteiger partial charge on any atom is -0.326 e. The van der Waals surface area contributed by atoms with Gasteiger partial charge in [-0.1, -0.05) is 0 Å². The van der Waals surface area contributed by atoms with Crippen molar-refractivity contribution in [3.05, 3.63) is 40.8 Å². The van der Waals surface area contributed by atoms with E-state index in [1.807, 2.05) is 23.7 Å². The molecule has 0 radical (unpaired) electrons. The van der Waals surface area contributed by atoms with Crippen LogP contribution in [0.3, 0.4) is 0 Å². The Morgan fingerprint density at radius 3 is 2.78 bits per heavy atom. The van der Waals surface area contributed by atoms with Crippen molar-refractivity contribution in [1.29, 1.82) is 5.26 Å². The van der Waals surface area contributed by atoms with Crippen molar-refractivity contribution in [3.63, 3.8) is 0 Å². The Labute approximate surface area is 109 Å². The van der Waals surface area contributed by atoms with E-state index in [1.165, 1.54) is 4.88 Å². The van der Waals surface area contributed by atoms with Crippen LogP contribution in [-0.2, 0) is 7.05 Å². The van der Waals surface area contributed by atoms with Gasteiger partial charge < -0.3 is 4.57 Å². The molecule has 2 aromatic heterocycles. The average Bonchev–Trinajstić information content (AvgIpc) is 2.94. The molecule has 3 rings (SSSR count). The predicted molar refractivity (Wildman–Crippen MR) is 73.5 cm³/mol. The average molecular weight is 253 g/mol. The van der Waals surface area contributed by atoms with Crippen LogP contribution in [0.15, 0.2) is 30.3 Å². The highest BCUT2D eigenvalue weighted by Gasteiger charge is 2.11. The van der Waals surface area contributed by atoms with Crippen LogP contribution >= 0.6 is 11.3 Å². The summed E-state index contributed by atoms with van der Waals surface area (Å²) < 4.78 is 2.04. The van der Waals surface area contributed by atoms with Crippen molar-refractivity contribution in [2.45, 2.75) is 6.92 Å². The molecule has 0 saturated carbocycles. The summed E-state index contributed by atoms with van der Waals surface area (Å²) in [5.41, 5.74) is 2.59. The first-order chi connectivity index (χ1) is 8.69. The molecule has 3 nitrogen and oxygen atoms in total. The van der Waals surface area contributed by atoms with Gasteiger partial charge in [-0.3, -0.25) is 0 Å². The summed E-state index contributed by atoms with van der Waals surface area (Å²) in [6, 6.07) is 11.9. The van der Waals surface area contributed by atoms with Crippen LogP contribution in [0, 0.1) is 18.3 Å². The van der Waals surface area contributed by atoms with Gasteiger partial charge in [0.2, 0.25) is 0 Å². The van der Waals surface area contributed by atoms with Crippen molar-refractivity contribution >= 4 is 22.4 Å². The molecular weight excluding hydrogens is 242 g/mol. The fraction of sp³-hybridized carbons (Fsp3) is 0.143. The van der Waals surface area contributed by atoms with Crippen LogP contribution in [0.1, 0.15) is 10.4 Å². The number of nitriles is 1. The Morgan fingerprint density at radius 1 is 1.28 bits per heavy atom. The first-order valence-electron chi connectivity index (χ1n) is 5.62. The number of nitrogens with zero attached hydrogens (tertiary/aromatic N) is 3. The van der Waals surface area contributed by atoms with E-state index in [1.54, 1.807) is 17.4 Å². The Balaban J connectivity index is 2.26. The SMILES string of the molecule is Cc1ccc(-c2nc3ccc(C#N)cc3n2C)s1. The molecule has 0 atom stereocenters. The van der Waals surface area contributed by atoms with Gasteiger partial charge in [0, 0.05) is 11.9 Å². The van der Waals surface area contributed by atoms with E-state index in [-0.39, 0.29) is 0 Å². The summed E-state index contributed by atoms with van der Waals surface area (Å²) in [7, 11) is 1.99. The number of aromatic nitrogens is 2. The Morgan fingerprint density at radius 2 is 2.11 bits per heavy atom. The zero-order valence-electron chi connectivity index (χ0n) is 10.1. The number of thiophene rings is 1. The number of imidazole rings is 1. The zero-order valence-corrected chi connectivity index (χ0v) is 11.0. The highest BCUT2D eigenvalue weighted by molar-refractivity contribution is 7.15. The lowest BCUT2D eigenvalue weighted by Gasteiger charge is -1.99. The van der Waals surface area contributed by atoms with E-state index in [0.717, 1.165) is 21.7 Å². The van der Waals surface area contributed by atoms with Gasteiger partial charge in [-0.2, -0.15) is 5.26 Å². The maximum atomic E-state index is 8.94. The van der Waals surface area contributed by atoms with E-state index in [4.69, 9.17) is 5.26 Å². The van der Waals surface area contributed by atoms with E-state index in [0.29, 0.717) is 5.56 Å². The lowest BCUT2D eigenvalue weighted by atomic mass is 10.2. The minimum atomic E-state index is 0.666. The quantitative estimate of drug-likeness (QED) is 0.666. The summed E-state index contributed by atoms with van der Waals surface area (Å²) >= 11 is 1.73. The van der Waals surface area contributed by atoms with Crippen molar-refractivity contribution < 1.29 is 0 Å². The number of fused-ring (bicyclic) bond motifs is 1. The molecule has 0 aliphatic heterocycles. The summed E-state index contributed by atoms with van der Waals surface area (Å²) in [5, 5.41) is 8.94. The zero-order chi connectivity index (χ0) is 12.7. The number of benzene rings is 1. The lowest BCUT2D eigenvalue weighted by Crippen LogP contribution is -1.90. The Hall–Kier alpha value is -2.12. The first kappa shape index (κ1) is 11.0. The Bertz CT molecular complexity index is 774. The van der Waals surface area contributed by atoms with Gasteiger partial charge in [0.1, 0.15) is 0 Å². The van der Waals surface area contributed by atoms with Crippen LogP contribution in [0.4, 0.5) is 0 Å². The van der Waals surface area contributed by atoms with Crippen LogP contribution in [0.2, 0.25) is 0 Å². The van der Waals surface area contributed by atoms with Crippen molar-refractivity contribution in [2.75, 3.05) is 0 Å². The van der Waals surface area contributed by atoms with Crippen LogP contribution in [0.5, 0.6) is 0 Å². The number of hydrogen-bond acceptors (Lipinski definition) is 3. The van der Waals surface area contributed by atoms with Crippen molar-refractivity contribution in [1.82, 2.24) is 9.55 Å². The smallest absolute Gasteiger partial charge is 0.150 e. The number of hydrogen-bond donors (Lipinski definition) is 0. The molecule has 0 aliphatic rings. The van der Waals surface area contributed by atoms with Crippen LogP contribution in [0.25, 0.3) is 21.7 Å². The fourth-order valence-corrected chi connectivity index (χ4v) is 2.93. The second kappa shape index (κ2) is 3.97. The highest BCUT2D eigenvalue weighted by atomic mass is 32.1. The molecule has 0 spiro atoms. The van der Waals surface area contributed by atoms with E-state index in [2.05, 4.69) is 30.1 Å². The Kier molecular flexibility index (Phi) is 2.42. The third-order valence-electron chi connectivity index (χ3n) is 2.97. The molecule has 88 valence electrons. The normalized spacial score (nSPS) is 10.7. The summed E-state index contributed by atoms with van der Waals surface area (Å²) in [4.78, 5) is 7.07. The van der Waals surface area contributed by atoms with Gasteiger partial charge in [-0.25, -0.2) is 4.98 Å². The molecule has 0 saturated heterocycles. The largest absolute Gasteiger partial charge is 0.326 e. The molecule has 0 N–H and O–H groups in total. The minimum absolute atomic E-state index is 0.666. The lowest BCUT2D eigenvalue weighted by molar-refractivity contribution is 0.963. The molecule has 0 bridgehead atoms. The molecular formula is C14H11N3S. The molecule has 0 aliphatic carbocycles. The van der Waals surface area contributed by atoms with E-state index < -0.39 is 0 Å². The van der Waals surface area contributed by atoms with E-state index >= 15 is 0 Å². The topological polar surface area (TPSA) is 41.6 Å². The van der Waals surface area contributed by atoms with Crippen LogP contribution in [-0.4, -0.2) is 9.55 Å². The van der Waals surface area contributed by atoms with Crippen molar-refractivity contribution in [2.24, 2.45) is 7.05 Å². The third kappa shape index (κ3) is 1.60. The second-order valence-corrected chi connectivity index (χ2v) is 5.51.